The van der Waals surface area contributed by atoms with Gasteiger partial charge >= 0.3 is 16.2 Å². The molecule has 9 heteroatoms. The summed E-state index contributed by atoms with van der Waals surface area (Å²) in [5, 5.41) is 0. The van der Waals surface area contributed by atoms with Gasteiger partial charge in [0.2, 0.25) is 5.91 Å². The minimum atomic E-state index is -3.90. The van der Waals surface area contributed by atoms with Gasteiger partial charge in [0.15, 0.2) is 0 Å². The van der Waals surface area contributed by atoms with Crippen LogP contribution in [0.4, 0.5) is 5.69 Å². The van der Waals surface area contributed by atoms with E-state index in [0.29, 0.717) is 31.5 Å². The average Bonchev–Trinajstić information content (AvgIpc) is 2.67. The van der Waals surface area contributed by atoms with Crippen molar-refractivity contribution in [1.29, 1.82) is 0 Å². The highest BCUT2D eigenvalue weighted by molar-refractivity contribution is 7.90. The Hall–Kier alpha value is -2.13. The second kappa shape index (κ2) is 7.85. The molecule has 3 rings (SSSR count). The van der Waals surface area contributed by atoms with Crippen LogP contribution in [0.1, 0.15) is 25.3 Å². The molecule has 2 N–H and O–H groups in total. The van der Waals surface area contributed by atoms with Gasteiger partial charge in [-0.2, -0.15) is 12.7 Å². The fraction of sp³-hybridized carbons (Fsp3) is 0.556. The number of esters is 1. The Morgan fingerprint density at radius 2 is 1.96 bits per heavy atom. The first-order chi connectivity index (χ1) is 12.8. The predicted octanol–water partition coefficient (Wildman–Crippen LogP) is 0.671. The number of piperidine rings is 1. The van der Waals surface area contributed by atoms with E-state index >= 15 is 0 Å². The van der Waals surface area contributed by atoms with Crippen LogP contribution in [0.25, 0.3) is 0 Å². The van der Waals surface area contributed by atoms with Crippen LogP contribution in [-0.4, -0.2) is 50.8 Å². The van der Waals surface area contributed by atoms with Gasteiger partial charge in [-0.1, -0.05) is 18.2 Å². The average molecular weight is 395 g/mol. The van der Waals surface area contributed by atoms with Crippen LogP contribution in [0.15, 0.2) is 24.3 Å². The first-order valence-corrected chi connectivity index (χ1v) is 10.6. The number of hydrogen-bond acceptors (Lipinski definition) is 5. The van der Waals surface area contributed by atoms with Crippen molar-refractivity contribution in [2.45, 2.75) is 26.2 Å². The van der Waals surface area contributed by atoms with Crippen molar-refractivity contribution in [2.24, 2.45) is 17.6 Å². The maximum absolute atomic E-state index is 13.3. The molecule has 0 radical (unpaired) electrons. The molecule has 0 spiro atoms. The lowest BCUT2D eigenvalue weighted by Gasteiger charge is -2.39. The first kappa shape index (κ1) is 19.6. The Kier molecular flexibility index (Phi) is 5.71. The van der Waals surface area contributed by atoms with Gasteiger partial charge in [0.1, 0.15) is 0 Å². The summed E-state index contributed by atoms with van der Waals surface area (Å²) in [5.41, 5.74) is 6.80. The third-order valence-electron chi connectivity index (χ3n) is 5.12. The molecule has 27 heavy (non-hydrogen) atoms. The molecule has 0 bridgehead atoms. The van der Waals surface area contributed by atoms with E-state index in [9.17, 15) is 18.0 Å². The van der Waals surface area contributed by atoms with Gasteiger partial charge in [0.25, 0.3) is 0 Å². The topological polar surface area (TPSA) is 110 Å². The van der Waals surface area contributed by atoms with Crippen molar-refractivity contribution < 1.29 is 22.7 Å². The van der Waals surface area contributed by atoms with E-state index in [2.05, 4.69) is 0 Å². The third kappa shape index (κ3) is 3.93. The first-order valence-electron chi connectivity index (χ1n) is 9.16. The number of fused-ring (bicyclic) bond motifs is 1. The molecule has 1 aromatic carbocycles. The van der Waals surface area contributed by atoms with E-state index in [1.165, 1.54) is 8.61 Å². The monoisotopic (exact) mass is 395 g/mol. The summed E-state index contributed by atoms with van der Waals surface area (Å²) in [6.45, 7) is 2.42. The molecule has 2 heterocycles. The molecule has 2 atom stereocenters. The molecule has 1 saturated heterocycles. The minimum Gasteiger partial charge on any atom is -0.466 e. The number of anilines is 1. The summed E-state index contributed by atoms with van der Waals surface area (Å²) in [5.74, 6) is -1.94. The van der Waals surface area contributed by atoms with Gasteiger partial charge < -0.3 is 10.5 Å². The number of benzene rings is 1. The maximum atomic E-state index is 13.3. The number of carbonyl (C=O) groups is 2. The molecule has 148 valence electrons. The van der Waals surface area contributed by atoms with Crippen molar-refractivity contribution >= 4 is 27.8 Å². The summed E-state index contributed by atoms with van der Waals surface area (Å²) in [7, 11) is -3.90. The highest BCUT2D eigenvalue weighted by Crippen LogP contribution is 2.34. The number of rotatable bonds is 5. The Morgan fingerprint density at radius 1 is 1.22 bits per heavy atom. The number of ether oxygens (including phenoxy) is 1. The SMILES string of the molecule is CCOC(=O)[C@H]1CCCN(S(=O)(=O)N2C[C@@H](C(N)=O)Cc3ccccc32)C1. The molecule has 0 aliphatic carbocycles. The number of carbonyl (C=O) groups excluding carboxylic acids is 2. The molecule has 0 aromatic heterocycles. The van der Waals surface area contributed by atoms with E-state index in [1.54, 1.807) is 19.1 Å². The lowest BCUT2D eigenvalue weighted by atomic mass is 9.93. The number of nitrogens with zero attached hydrogens (tertiary/aromatic N) is 2. The zero-order chi connectivity index (χ0) is 19.6. The molecular formula is C18H25N3O5S. The highest BCUT2D eigenvalue weighted by atomic mass is 32.2. The summed E-state index contributed by atoms with van der Waals surface area (Å²) >= 11 is 0. The number of hydrogen-bond donors (Lipinski definition) is 1. The number of primary amides is 1. The molecule has 2 aliphatic rings. The summed E-state index contributed by atoms with van der Waals surface area (Å²) < 4.78 is 34.3. The zero-order valence-electron chi connectivity index (χ0n) is 15.3. The molecule has 1 aromatic rings. The van der Waals surface area contributed by atoms with Crippen molar-refractivity contribution in [1.82, 2.24) is 4.31 Å². The van der Waals surface area contributed by atoms with Crippen molar-refractivity contribution in [3.8, 4) is 0 Å². The molecule has 0 unspecified atom stereocenters. The summed E-state index contributed by atoms with van der Waals surface area (Å²) in [6.07, 6.45) is 1.60. The molecule has 1 amide bonds. The molecule has 2 aliphatic heterocycles. The van der Waals surface area contributed by atoms with Crippen molar-refractivity contribution in [2.75, 3.05) is 30.5 Å². The van der Waals surface area contributed by atoms with E-state index in [1.807, 2.05) is 12.1 Å². The molecular weight excluding hydrogens is 370 g/mol. The minimum absolute atomic E-state index is 0.00918. The maximum Gasteiger partial charge on any atom is 0.310 e. The lowest BCUT2D eigenvalue weighted by Crippen LogP contribution is -2.53. The second-order valence-corrected chi connectivity index (χ2v) is 8.77. The highest BCUT2D eigenvalue weighted by Gasteiger charge is 2.40. The predicted molar refractivity (Wildman–Crippen MR) is 100 cm³/mol. The van der Waals surface area contributed by atoms with Crippen molar-refractivity contribution in [3.05, 3.63) is 29.8 Å². The van der Waals surface area contributed by atoms with Crippen LogP contribution in [-0.2, 0) is 31.0 Å². The van der Waals surface area contributed by atoms with Crippen molar-refractivity contribution in [3.63, 3.8) is 0 Å². The van der Waals surface area contributed by atoms with Crippen LogP contribution in [0.5, 0.6) is 0 Å². The van der Waals surface area contributed by atoms with Crippen LogP contribution in [0, 0.1) is 11.8 Å². The van der Waals surface area contributed by atoms with E-state index in [-0.39, 0.29) is 25.7 Å². The van der Waals surface area contributed by atoms with Gasteiger partial charge in [-0.3, -0.25) is 13.9 Å². The van der Waals surface area contributed by atoms with Gasteiger partial charge in [-0.25, -0.2) is 0 Å². The normalized spacial score (nSPS) is 23.5. The van der Waals surface area contributed by atoms with Crippen LogP contribution in [0.3, 0.4) is 0 Å². The number of para-hydroxylation sites is 1. The Morgan fingerprint density at radius 3 is 2.67 bits per heavy atom. The van der Waals surface area contributed by atoms with Gasteiger partial charge in [-0.15, -0.1) is 0 Å². The number of amides is 1. The Balaban J connectivity index is 1.89. The van der Waals surface area contributed by atoms with Crippen LogP contribution in [0.2, 0.25) is 0 Å². The molecule has 0 saturated carbocycles. The van der Waals surface area contributed by atoms with Gasteiger partial charge in [0.05, 0.1) is 24.1 Å². The fourth-order valence-corrected chi connectivity index (χ4v) is 5.51. The number of nitrogens with two attached hydrogens (primary N) is 1. The van der Waals surface area contributed by atoms with Crippen LogP contribution >= 0.6 is 0 Å². The Bertz CT molecular complexity index is 826. The standard InChI is InChI=1S/C18H25N3O5S/c1-2-26-18(23)14-7-5-9-20(11-14)27(24,25)21-12-15(17(19)22)10-13-6-3-4-8-16(13)21/h3-4,6,8,14-15H,2,5,7,9-12H2,1H3,(H2,19,22)/t14-,15-/m0/s1. The van der Waals surface area contributed by atoms with Gasteiger partial charge in [0, 0.05) is 19.6 Å². The quantitative estimate of drug-likeness (QED) is 0.737. The summed E-state index contributed by atoms with van der Waals surface area (Å²) in [4.78, 5) is 23.8. The Labute approximate surface area is 159 Å². The van der Waals surface area contributed by atoms with E-state index in [0.717, 1.165) is 5.56 Å². The third-order valence-corrected chi connectivity index (χ3v) is 7.01. The molecule has 1 fully saturated rings. The largest absolute Gasteiger partial charge is 0.466 e. The zero-order valence-corrected chi connectivity index (χ0v) is 16.2. The fourth-order valence-electron chi connectivity index (χ4n) is 3.71. The van der Waals surface area contributed by atoms with Crippen LogP contribution < -0.4 is 10.0 Å². The molecule has 8 nitrogen and oxygen atoms in total. The lowest BCUT2D eigenvalue weighted by molar-refractivity contribution is -0.149. The van der Waals surface area contributed by atoms with E-state index < -0.39 is 28.0 Å². The van der Waals surface area contributed by atoms with Gasteiger partial charge in [-0.05, 0) is 37.8 Å². The van der Waals surface area contributed by atoms with E-state index in [4.69, 9.17) is 10.5 Å². The smallest absolute Gasteiger partial charge is 0.310 e. The summed E-state index contributed by atoms with van der Waals surface area (Å²) in [6, 6.07) is 7.12. The second-order valence-electron chi connectivity index (χ2n) is 6.92.